The molecule has 0 spiro atoms. The first-order valence-electron chi connectivity index (χ1n) is 9.49. The Morgan fingerprint density at radius 3 is 3.00 bits per heavy atom. The quantitative estimate of drug-likeness (QED) is 0.802. The lowest BCUT2D eigenvalue weighted by Gasteiger charge is -2.32. The molecule has 146 valence electrons. The van der Waals surface area contributed by atoms with Crippen LogP contribution >= 0.6 is 0 Å². The van der Waals surface area contributed by atoms with Gasteiger partial charge >= 0.3 is 6.03 Å². The summed E-state index contributed by atoms with van der Waals surface area (Å²) in [5.74, 6) is 1.53. The molecular weight excluding hydrogens is 346 g/mol. The Kier molecular flexibility index (Phi) is 6.75. The van der Waals surface area contributed by atoms with Crippen LogP contribution in [0.15, 0.2) is 29.0 Å². The molecule has 3 heterocycles. The fraction of sp³-hybridized carbons (Fsp3) is 0.579. The lowest BCUT2D eigenvalue weighted by Crippen LogP contribution is -2.48. The van der Waals surface area contributed by atoms with Crippen LogP contribution in [0.2, 0.25) is 0 Å². The number of likely N-dealkylation sites (tertiary alicyclic amines) is 1. The van der Waals surface area contributed by atoms with E-state index >= 15 is 0 Å². The highest BCUT2D eigenvalue weighted by molar-refractivity contribution is 5.74. The zero-order valence-corrected chi connectivity index (χ0v) is 15.9. The van der Waals surface area contributed by atoms with E-state index in [2.05, 4.69) is 34.3 Å². The van der Waals surface area contributed by atoms with Gasteiger partial charge in [0.05, 0.1) is 6.10 Å². The molecule has 2 aromatic heterocycles. The standard InChI is InChI=1S/C19H27N5O3/c1-14(2)5-10-21-19(25)24-11-3-4-16(12-24)26-13-17-22-18(23-27-17)15-6-8-20-9-7-15/h6-9,14,16H,3-5,10-13H2,1-2H3,(H,21,25). The van der Waals surface area contributed by atoms with Gasteiger partial charge in [-0.1, -0.05) is 19.0 Å². The van der Waals surface area contributed by atoms with Gasteiger partial charge in [-0.05, 0) is 37.3 Å². The molecule has 8 heteroatoms. The predicted octanol–water partition coefficient (Wildman–Crippen LogP) is 2.87. The number of aromatic nitrogens is 3. The molecule has 8 nitrogen and oxygen atoms in total. The molecule has 2 amide bonds. The Labute approximate surface area is 159 Å². The summed E-state index contributed by atoms with van der Waals surface area (Å²) >= 11 is 0. The molecule has 0 aromatic carbocycles. The number of carbonyl (C=O) groups excluding carboxylic acids is 1. The predicted molar refractivity (Wildman–Crippen MR) is 99.8 cm³/mol. The van der Waals surface area contributed by atoms with Gasteiger partial charge < -0.3 is 19.5 Å². The van der Waals surface area contributed by atoms with E-state index in [4.69, 9.17) is 9.26 Å². The van der Waals surface area contributed by atoms with Crippen molar-refractivity contribution in [1.29, 1.82) is 0 Å². The highest BCUT2D eigenvalue weighted by Gasteiger charge is 2.24. The van der Waals surface area contributed by atoms with E-state index in [1.54, 1.807) is 12.4 Å². The number of pyridine rings is 1. The Morgan fingerprint density at radius 2 is 2.22 bits per heavy atom. The van der Waals surface area contributed by atoms with Crippen LogP contribution in [-0.4, -0.2) is 51.8 Å². The third-order valence-corrected chi connectivity index (χ3v) is 4.51. The maximum Gasteiger partial charge on any atom is 0.317 e. The molecule has 1 fully saturated rings. The summed E-state index contributed by atoms with van der Waals surface area (Å²) in [7, 11) is 0. The number of amides is 2. The summed E-state index contributed by atoms with van der Waals surface area (Å²) in [5.41, 5.74) is 0.849. The van der Waals surface area contributed by atoms with Crippen LogP contribution in [0.25, 0.3) is 11.4 Å². The van der Waals surface area contributed by atoms with Crippen molar-refractivity contribution in [1.82, 2.24) is 25.3 Å². The van der Waals surface area contributed by atoms with E-state index < -0.39 is 0 Å². The number of urea groups is 1. The first kappa shape index (κ1) is 19.3. The molecule has 0 bridgehead atoms. The highest BCUT2D eigenvalue weighted by atomic mass is 16.5. The van der Waals surface area contributed by atoms with E-state index in [9.17, 15) is 4.79 Å². The first-order chi connectivity index (χ1) is 13.1. The van der Waals surface area contributed by atoms with E-state index in [0.717, 1.165) is 31.4 Å². The fourth-order valence-corrected chi connectivity index (χ4v) is 2.96. The maximum atomic E-state index is 12.3. The molecule has 1 unspecified atom stereocenters. The van der Waals surface area contributed by atoms with Gasteiger partial charge in [0.1, 0.15) is 6.61 Å². The number of ether oxygens (including phenoxy) is 1. The van der Waals surface area contributed by atoms with Gasteiger partial charge in [-0.15, -0.1) is 0 Å². The second-order valence-corrected chi connectivity index (χ2v) is 7.18. The average molecular weight is 373 g/mol. The van der Waals surface area contributed by atoms with E-state index in [1.165, 1.54) is 0 Å². The van der Waals surface area contributed by atoms with Gasteiger partial charge in [-0.2, -0.15) is 4.98 Å². The fourth-order valence-electron chi connectivity index (χ4n) is 2.96. The van der Waals surface area contributed by atoms with E-state index in [0.29, 0.717) is 30.7 Å². The van der Waals surface area contributed by atoms with Crippen molar-refractivity contribution in [2.75, 3.05) is 19.6 Å². The third-order valence-electron chi connectivity index (χ3n) is 4.51. The lowest BCUT2D eigenvalue weighted by atomic mass is 10.1. The molecule has 1 atom stereocenters. The minimum absolute atomic E-state index is 0.0123. The summed E-state index contributed by atoms with van der Waals surface area (Å²) in [6.07, 6.45) is 6.17. The second-order valence-electron chi connectivity index (χ2n) is 7.18. The van der Waals surface area contributed by atoms with Crippen molar-refractivity contribution < 1.29 is 14.1 Å². The molecule has 0 radical (unpaired) electrons. The zero-order valence-electron chi connectivity index (χ0n) is 15.9. The van der Waals surface area contributed by atoms with Crippen LogP contribution in [0.4, 0.5) is 4.79 Å². The molecular formula is C19H27N5O3. The lowest BCUT2D eigenvalue weighted by molar-refractivity contribution is -0.0103. The summed E-state index contributed by atoms with van der Waals surface area (Å²) in [4.78, 5) is 22.4. The zero-order chi connectivity index (χ0) is 19.1. The molecule has 1 aliphatic heterocycles. The monoisotopic (exact) mass is 373 g/mol. The van der Waals surface area contributed by atoms with Gasteiger partial charge in [-0.3, -0.25) is 4.98 Å². The van der Waals surface area contributed by atoms with Crippen molar-refractivity contribution in [2.45, 2.75) is 45.8 Å². The van der Waals surface area contributed by atoms with Crippen LogP contribution in [0.5, 0.6) is 0 Å². The molecule has 3 rings (SSSR count). The van der Waals surface area contributed by atoms with E-state index in [1.807, 2.05) is 17.0 Å². The van der Waals surface area contributed by atoms with Gasteiger partial charge in [0.25, 0.3) is 5.89 Å². The van der Waals surface area contributed by atoms with E-state index in [-0.39, 0.29) is 18.7 Å². The van der Waals surface area contributed by atoms with Gasteiger partial charge in [-0.25, -0.2) is 4.79 Å². The minimum Gasteiger partial charge on any atom is -0.367 e. The van der Waals surface area contributed by atoms with Crippen LogP contribution in [0.3, 0.4) is 0 Å². The number of piperidine rings is 1. The second kappa shape index (κ2) is 9.45. The molecule has 1 saturated heterocycles. The number of carbonyl (C=O) groups is 1. The number of nitrogens with one attached hydrogen (secondary N) is 1. The molecule has 1 N–H and O–H groups in total. The molecule has 0 aliphatic carbocycles. The Morgan fingerprint density at radius 1 is 1.41 bits per heavy atom. The molecule has 0 saturated carbocycles. The summed E-state index contributed by atoms with van der Waals surface area (Å²) in [5, 5.41) is 6.96. The Balaban J connectivity index is 1.46. The number of rotatable bonds is 7. The molecule has 1 aliphatic rings. The number of hydrogen-bond acceptors (Lipinski definition) is 6. The maximum absolute atomic E-state index is 12.3. The Hall–Kier alpha value is -2.48. The first-order valence-corrected chi connectivity index (χ1v) is 9.49. The van der Waals surface area contributed by atoms with Crippen LogP contribution in [0, 0.1) is 5.92 Å². The summed E-state index contributed by atoms with van der Waals surface area (Å²) < 4.78 is 11.2. The van der Waals surface area contributed by atoms with Crippen molar-refractivity contribution in [3.63, 3.8) is 0 Å². The topological polar surface area (TPSA) is 93.4 Å². The van der Waals surface area contributed by atoms with Gasteiger partial charge in [0.2, 0.25) is 5.82 Å². The Bertz CT molecular complexity index is 719. The van der Waals surface area contributed by atoms with Gasteiger partial charge in [0.15, 0.2) is 0 Å². The van der Waals surface area contributed by atoms with Crippen LogP contribution < -0.4 is 5.32 Å². The van der Waals surface area contributed by atoms with Crippen molar-refractivity contribution >= 4 is 6.03 Å². The average Bonchev–Trinajstić information content (AvgIpc) is 3.16. The summed E-state index contributed by atoms with van der Waals surface area (Å²) in [6, 6.07) is 3.64. The number of nitrogens with zero attached hydrogens (tertiary/aromatic N) is 4. The SMILES string of the molecule is CC(C)CCNC(=O)N1CCCC(OCc2nc(-c3ccncc3)no2)C1. The van der Waals surface area contributed by atoms with Crippen molar-refractivity contribution in [2.24, 2.45) is 5.92 Å². The van der Waals surface area contributed by atoms with Crippen LogP contribution in [-0.2, 0) is 11.3 Å². The minimum atomic E-state index is -0.0223. The van der Waals surface area contributed by atoms with Crippen LogP contribution in [0.1, 0.15) is 39.0 Å². The molecule has 27 heavy (non-hydrogen) atoms. The van der Waals surface area contributed by atoms with Crippen molar-refractivity contribution in [3.05, 3.63) is 30.4 Å². The summed E-state index contributed by atoms with van der Waals surface area (Å²) in [6.45, 7) is 6.59. The van der Waals surface area contributed by atoms with Gasteiger partial charge in [0, 0.05) is 37.6 Å². The largest absolute Gasteiger partial charge is 0.367 e. The highest BCUT2D eigenvalue weighted by Crippen LogP contribution is 2.17. The smallest absolute Gasteiger partial charge is 0.317 e. The third kappa shape index (κ3) is 5.75. The normalized spacial score (nSPS) is 17.3. The molecule has 2 aromatic rings. The van der Waals surface area contributed by atoms with Crippen molar-refractivity contribution in [3.8, 4) is 11.4 Å². The number of hydrogen-bond donors (Lipinski definition) is 1.